The zero-order valence-corrected chi connectivity index (χ0v) is 18.7. The Morgan fingerprint density at radius 2 is 1.77 bits per heavy atom. The fourth-order valence-corrected chi connectivity index (χ4v) is 5.92. The van der Waals surface area contributed by atoms with E-state index in [-0.39, 0.29) is 17.4 Å². The van der Waals surface area contributed by atoms with Gasteiger partial charge in [-0.2, -0.15) is 0 Å². The van der Waals surface area contributed by atoms with Gasteiger partial charge in [-0.15, -0.1) is 21.5 Å². The van der Waals surface area contributed by atoms with Crippen LogP contribution in [0.4, 0.5) is 10.8 Å². The summed E-state index contributed by atoms with van der Waals surface area (Å²) in [5, 5.41) is 10.9. The minimum absolute atomic E-state index is 0.0718. The number of nitrogens with zero attached hydrogens (tertiary/aromatic N) is 3. The minimum Gasteiger partial charge on any atom is -0.374 e. The summed E-state index contributed by atoms with van der Waals surface area (Å²) < 4.78 is 2.43. The number of thioether (sulfide) groups is 2. The molecule has 0 bridgehead atoms. The Kier molecular flexibility index (Phi) is 6.62. The van der Waals surface area contributed by atoms with E-state index >= 15 is 0 Å². The van der Waals surface area contributed by atoms with Gasteiger partial charge in [-0.05, 0) is 18.2 Å². The second kappa shape index (κ2) is 9.56. The minimum atomic E-state index is -0.138. The normalized spacial score (nSPS) is 10.9. The van der Waals surface area contributed by atoms with Crippen molar-refractivity contribution >= 4 is 78.9 Å². The molecule has 0 saturated heterocycles. The number of carbonyl (C=O) groups excluding carboxylic acids is 2. The number of ketones is 1. The number of thiazole rings is 1. The Balaban J connectivity index is 1.35. The molecule has 4 rings (SSSR count). The van der Waals surface area contributed by atoms with Crippen LogP contribution in [0, 0.1) is 0 Å². The summed E-state index contributed by atoms with van der Waals surface area (Å²) in [5.74, 6) is 0.488. The van der Waals surface area contributed by atoms with Crippen LogP contribution in [0.1, 0.15) is 10.4 Å². The zero-order valence-electron chi connectivity index (χ0n) is 15.4. The first-order valence-electron chi connectivity index (χ1n) is 8.70. The molecule has 2 aromatic carbocycles. The van der Waals surface area contributed by atoms with Gasteiger partial charge in [0.2, 0.25) is 11.0 Å². The summed E-state index contributed by atoms with van der Waals surface area (Å²) in [7, 11) is 0. The molecule has 0 saturated carbocycles. The maximum Gasteiger partial charge on any atom is 0.234 e. The maximum atomic E-state index is 12.3. The van der Waals surface area contributed by atoms with Crippen molar-refractivity contribution in [1.29, 1.82) is 0 Å². The topological polar surface area (TPSA) is 111 Å². The molecule has 0 atom stereocenters. The molecular formula is C19H15N5O2S4. The van der Waals surface area contributed by atoms with Gasteiger partial charge < -0.3 is 11.1 Å². The van der Waals surface area contributed by atoms with E-state index in [2.05, 4.69) is 20.5 Å². The molecule has 1 amide bonds. The Hall–Kier alpha value is -2.47. The fourth-order valence-electron chi connectivity index (χ4n) is 2.48. The van der Waals surface area contributed by atoms with E-state index in [1.165, 1.54) is 46.2 Å². The number of hydrogen-bond donors (Lipinski definition) is 2. The van der Waals surface area contributed by atoms with Crippen LogP contribution in [0.5, 0.6) is 0 Å². The van der Waals surface area contributed by atoms with Crippen LogP contribution >= 0.6 is 46.2 Å². The van der Waals surface area contributed by atoms with Gasteiger partial charge in [0.1, 0.15) is 0 Å². The van der Waals surface area contributed by atoms with Crippen molar-refractivity contribution in [3.05, 3.63) is 54.1 Å². The summed E-state index contributed by atoms with van der Waals surface area (Å²) in [6.45, 7) is 0. The van der Waals surface area contributed by atoms with Crippen molar-refractivity contribution < 1.29 is 9.59 Å². The lowest BCUT2D eigenvalue weighted by Crippen LogP contribution is -2.13. The van der Waals surface area contributed by atoms with E-state index in [1.54, 1.807) is 0 Å². The molecule has 30 heavy (non-hydrogen) atoms. The molecule has 3 N–H and O–H groups in total. The summed E-state index contributed by atoms with van der Waals surface area (Å²) in [6.07, 6.45) is 0. The first kappa shape index (κ1) is 20.8. The summed E-state index contributed by atoms with van der Waals surface area (Å²) in [4.78, 5) is 29.0. The van der Waals surface area contributed by atoms with Crippen molar-refractivity contribution in [1.82, 2.24) is 15.2 Å². The average molecular weight is 474 g/mol. The number of carbonyl (C=O) groups is 2. The van der Waals surface area contributed by atoms with E-state index in [0.29, 0.717) is 26.5 Å². The standard InChI is InChI=1S/C19H15N5O2S4/c20-17-23-24-19(30-17)28-10-16(26)21-12-6-7-13-15(8-12)29-18(22-13)27-9-14(25)11-4-2-1-3-5-11/h1-8H,9-10H2,(H2,20,23)(H,21,26). The number of anilines is 2. The van der Waals surface area contributed by atoms with Gasteiger partial charge >= 0.3 is 0 Å². The molecule has 7 nitrogen and oxygen atoms in total. The lowest BCUT2D eigenvalue weighted by Gasteiger charge is -2.03. The molecule has 0 radical (unpaired) electrons. The van der Waals surface area contributed by atoms with Crippen molar-refractivity contribution in [2.24, 2.45) is 0 Å². The maximum absolute atomic E-state index is 12.3. The Morgan fingerprint density at radius 1 is 0.967 bits per heavy atom. The molecule has 0 spiro atoms. The highest BCUT2D eigenvalue weighted by molar-refractivity contribution is 8.02. The molecule has 0 aliphatic rings. The van der Waals surface area contributed by atoms with Crippen molar-refractivity contribution in [2.45, 2.75) is 8.68 Å². The number of hydrogen-bond acceptors (Lipinski definition) is 10. The van der Waals surface area contributed by atoms with E-state index < -0.39 is 0 Å². The number of fused-ring (bicyclic) bond motifs is 1. The van der Waals surface area contributed by atoms with Gasteiger partial charge in [0.15, 0.2) is 14.5 Å². The first-order chi connectivity index (χ1) is 14.6. The van der Waals surface area contributed by atoms with Gasteiger partial charge in [-0.3, -0.25) is 9.59 Å². The monoisotopic (exact) mass is 473 g/mol. The van der Waals surface area contributed by atoms with Crippen molar-refractivity contribution in [2.75, 3.05) is 22.6 Å². The van der Waals surface area contributed by atoms with E-state index in [9.17, 15) is 9.59 Å². The highest BCUT2D eigenvalue weighted by atomic mass is 32.2. The quantitative estimate of drug-likeness (QED) is 0.285. The SMILES string of the molecule is Nc1nnc(SCC(=O)Nc2ccc3nc(SCC(=O)c4ccccc4)sc3c2)s1. The van der Waals surface area contributed by atoms with Crippen LogP contribution in [-0.4, -0.2) is 38.4 Å². The highest BCUT2D eigenvalue weighted by Crippen LogP contribution is 2.32. The lowest BCUT2D eigenvalue weighted by atomic mass is 10.2. The largest absolute Gasteiger partial charge is 0.374 e. The number of nitrogen functional groups attached to an aromatic ring is 1. The number of Topliss-reactive ketones (excluding diaryl/α,β-unsaturated/α-hetero) is 1. The number of benzene rings is 2. The molecule has 0 unspecified atom stereocenters. The predicted octanol–water partition coefficient (Wildman–Crippen LogP) is 4.44. The number of aromatic nitrogens is 3. The third-order valence-electron chi connectivity index (χ3n) is 3.82. The van der Waals surface area contributed by atoms with Crippen molar-refractivity contribution in [3.63, 3.8) is 0 Å². The highest BCUT2D eigenvalue weighted by Gasteiger charge is 2.11. The van der Waals surface area contributed by atoms with E-state index in [1.807, 2.05) is 48.5 Å². The van der Waals surface area contributed by atoms with Crippen LogP contribution < -0.4 is 11.1 Å². The summed E-state index contributed by atoms with van der Waals surface area (Å²) >= 11 is 5.47. The third kappa shape index (κ3) is 5.36. The first-order valence-corrected chi connectivity index (χ1v) is 12.3. The fraction of sp³-hybridized carbons (Fsp3) is 0.105. The Morgan fingerprint density at radius 3 is 2.53 bits per heavy atom. The van der Waals surface area contributed by atoms with E-state index in [0.717, 1.165) is 14.6 Å². The number of nitrogens with two attached hydrogens (primary N) is 1. The van der Waals surface area contributed by atoms with E-state index in [4.69, 9.17) is 5.73 Å². The Labute approximate surface area is 188 Å². The summed E-state index contributed by atoms with van der Waals surface area (Å²) in [6, 6.07) is 14.8. The molecule has 2 heterocycles. The van der Waals surface area contributed by atoms with Gasteiger partial charge in [-0.1, -0.05) is 65.2 Å². The summed E-state index contributed by atoms with van der Waals surface area (Å²) in [5.41, 5.74) is 7.77. The zero-order chi connectivity index (χ0) is 20.9. The van der Waals surface area contributed by atoms with Crippen LogP contribution in [0.2, 0.25) is 0 Å². The smallest absolute Gasteiger partial charge is 0.234 e. The number of rotatable bonds is 8. The molecule has 2 aromatic heterocycles. The van der Waals surface area contributed by atoms with Gasteiger partial charge in [0, 0.05) is 11.3 Å². The van der Waals surface area contributed by atoms with Crippen LogP contribution in [-0.2, 0) is 4.79 Å². The second-order valence-corrected chi connectivity index (χ2v) is 10.5. The number of nitrogens with one attached hydrogen (secondary N) is 1. The second-order valence-electron chi connectivity index (χ2n) is 5.98. The lowest BCUT2D eigenvalue weighted by molar-refractivity contribution is -0.113. The van der Waals surface area contributed by atoms with Crippen LogP contribution in [0.25, 0.3) is 10.2 Å². The predicted molar refractivity (Wildman–Crippen MR) is 125 cm³/mol. The molecule has 11 heteroatoms. The third-order valence-corrected chi connectivity index (χ3v) is 7.87. The van der Waals surface area contributed by atoms with Crippen LogP contribution in [0.3, 0.4) is 0 Å². The molecule has 0 aliphatic heterocycles. The van der Waals surface area contributed by atoms with Gasteiger partial charge in [0.05, 0.1) is 21.7 Å². The average Bonchev–Trinajstić information content (AvgIpc) is 3.36. The Bertz CT molecular complexity index is 1190. The van der Waals surface area contributed by atoms with Gasteiger partial charge in [0.25, 0.3) is 0 Å². The molecular weight excluding hydrogens is 459 g/mol. The molecule has 152 valence electrons. The van der Waals surface area contributed by atoms with Crippen LogP contribution in [0.15, 0.2) is 57.2 Å². The molecule has 4 aromatic rings. The van der Waals surface area contributed by atoms with Crippen molar-refractivity contribution in [3.8, 4) is 0 Å². The van der Waals surface area contributed by atoms with Gasteiger partial charge in [-0.25, -0.2) is 4.98 Å². The number of amides is 1. The molecule has 0 aliphatic carbocycles. The molecule has 0 fully saturated rings.